The summed E-state index contributed by atoms with van der Waals surface area (Å²) in [6, 6.07) is 16.0. The third-order valence-electron chi connectivity index (χ3n) is 3.21. The fourth-order valence-corrected chi connectivity index (χ4v) is 2.01. The lowest BCUT2D eigenvalue weighted by molar-refractivity contribution is 0.371. The molecule has 100 valence electrons. The monoisotopic (exact) mass is 268 g/mol. The fourth-order valence-electron chi connectivity index (χ4n) is 2.01. The van der Waals surface area contributed by atoms with E-state index < -0.39 is 0 Å². The van der Waals surface area contributed by atoms with E-state index in [1.807, 2.05) is 37.3 Å². The van der Waals surface area contributed by atoms with Gasteiger partial charge in [-0.05, 0) is 24.6 Å². The van der Waals surface area contributed by atoms with Gasteiger partial charge in [0.1, 0.15) is 5.82 Å². The number of hydrogen-bond donors (Lipinski definition) is 0. The number of benzene rings is 2. The molecule has 0 saturated carbocycles. The molecule has 0 amide bonds. The Morgan fingerprint density at radius 3 is 2.40 bits per heavy atom. The van der Waals surface area contributed by atoms with Crippen LogP contribution in [0, 0.1) is 5.82 Å². The molecule has 0 spiro atoms. The molecule has 0 aliphatic rings. The molecule has 1 aromatic heterocycles. The number of hydrogen-bond acceptors (Lipinski definition) is 3. The number of nitrogens with zero attached hydrogens (tertiary/aromatic N) is 2. The third kappa shape index (κ3) is 2.45. The maximum absolute atomic E-state index is 12.9. The van der Waals surface area contributed by atoms with Crippen molar-refractivity contribution in [1.29, 1.82) is 0 Å². The van der Waals surface area contributed by atoms with Crippen LogP contribution >= 0.6 is 0 Å². The molecule has 3 aromatic rings. The first-order chi connectivity index (χ1) is 9.74. The zero-order valence-corrected chi connectivity index (χ0v) is 11.0. The molecule has 1 heterocycles. The van der Waals surface area contributed by atoms with Crippen LogP contribution in [0.5, 0.6) is 0 Å². The van der Waals surface area contributed by atoms with Gasteiger partial charge in [0.25, 0.3) is 0 Å². The molecule has 0 N–H and O–H groups in total. The SMILES string of the molecule is CC(c1ccc(F)cc1)c1nc(-c2ccccc2)no1. The predicted octanol–water partition coefficient (Wildman–Crippen LogP) is 4.03. The first-order valence-electron chi connectivity index (χ1n) is 6.38. The summed E-state index contributed by atoms with van der Waals surface area (Å²) in [7, 11) is 0. The van der Waals surface area contributed by atoms with E-state index in [0.29, 0.717) is 11.7 Å². The van der Waals surface area contributed by atoms with Crippen molar-refractivity contribution >= 4 is 0 Å². The Kier molecular flexibility index (Phi) is 3.29. The van der Waals surface area contributed by atoms with Gasteiger partial charge in [-0.15, -0.1) is 0 Å². The predicted molar refractivity (Wildman–Crippen MR) is 73.7 cm³/mol. The van der Waals surface area contributed by atoms with Crippen LogP contribution in [0.2, 0.25) is 0 Å². The Morgan fingerprint density at radius 1 is 1.00 bits per heavy atom. The molecule has 0 aliphatic carbocycles. The van der Waals surface area contributed by atoms with Gasteiger partial charge >= 0.3 is 0 Å². The van der Waals surface area contributed by atoms with Crippen molar-refractivity contribution in [2.75, 3.05) is 0 Å². The minimum Gasteiger partial charge on any atom is -0.338 e. The first-order valence-corrected chi connectivity index (χ1v) is 6.38. The van der Waals surface area contributed by atoms with Crippen molar-refractivity contribution in [3.63, 3.8) is 0 Å². The van der Waals surface area contributed by atoms with Gasteiger partial charge in [0, 0.05) is 5.56 Å². The van der Waals surface area contributed by atoms with E-state index in [1.54, 1.807) is 12.1 Å². The van der Waals surface area contributed by atoms with Crippen LogP contribution in [0.15, 0.2) is 59.1 Å². The Bertz CT molecular complexity index is 692. The zero-order chi connectivity index (χ0) is 13.9. The topological polar surface area (TPSA) is 38.9 Å². The van der Waals surface area contributed by atoms with Crippen molar-refractivity contribution in [2.24, 2.45) is 0 Å². The smallest absolute Gasteiger partial charge is 0.234 e. The lowest BCUT2D eigenvalue weighted by Crippen LogP contribution is -1.96. The van der Waals surface area contributed by atoms with Crippen molar-refractivity contribution in [1.82, 2.24) is 10.1 Å². The van der Waals surface area contributed by atoms with E-state index in [1.165, 1.54) is 12.1 Å². The Hall–Kier alpha value is -2.49. The average Bonchev–Trinajstić information content (AvgIpc) is 2.98. The minimum absolute atomic E-state index is 0.0689. The van der Waals surface area contributed by atoms with Crippen LogP contribution in [0.1, 0.15) is 24.3 Å². The summed E-state index contributed by atoms with van der Waals surface area (Å²) in [5.74, 6) is 0.766. The number of halogens is 1. The molecular weight excluding hydrogens is 255 g/mol. The van der Waals surface area contributed by atoms with Crippen molar-refractivity contribution in [3.05, 3.63) is 71.9 Å². The lowest BCUT2D eigenvalue weighted by atomic mass is 10.0. The van der Waals surface area contributed by atoms with E-state index in [-0.39, 0.29) is 11.7 Å². The lowest BCUT2D eigenvalue weighted by Gasteiger charge is -2.05. The second kappa shape index (κ2) is 5.25. The average molecular weight is 268 g/mol. The highest BCUT2D eigenvalue weighted by molar-refractivity contribution is 5.53. The quantitative estimate of drug-likeness (QED) is 0.720. The molecular formula is C16H13FN2O. The Balaban J connectivity index is 1.88. The third-order valence-corrected chi connectivity index (χ3v) is 3.21. The molecule has 20 heavy (non-hydrogen) atoms. The van der Waals surface area contributed by atoms with Gasteiger partial charge in [0.05, 0.1) is 5.92 Å². The van der Waals surface area contributed by atoms with E-state index in [0.717, 1.165) is 11.1 Å². The van der Waals surface area contributed by atoms with Crippen molar-refractivity contribution in [3.8, 4) is 11.4 Å². The zero-order valence-electron chi connectivity index (χ0n) is 11.0. The second-order valence-electron chi connectivity index (χ2n) is 4.60. The molecule has 1 atom stereocenters. The molecule has 4 heteroatoms. The second-order valence-corrected chi connectivity index (χ2v) is 4.60. The first kappa shape index (κ1) is 12.5. The van der Waals surface area contributed by atoms with E-state index in [9.17, 15) is 4.39 Å². The molecule has 3 nitrogen and oxygen atoms in total. The van der Waals surface area contributed by atoms with Crippen LogP contribution in [0.3, 0.4) is 0 Å². The highest BCUT2D eigenvalue weighted by Crippen LogP contribution is 2.25. The van der Waals surface area contributed by atoms with Gasteiger partial charge in [-0.1, -0.05) is 47.6 Å². The molecule has 0 saturated heterocycles. The van der Waals surface area contributed by atoms with Gasteiger partial charge < -0.3 is 4.52 Å². The van der Waals surface area contributed by atoms with Gasteiger partial charge in [-0.2, -0.15) is 4.98 Å². The summed E-state index contributed by atoms with van der Waals surface area (Å²) in [6.07, 6.45) is 0. The van der Waals surface area contributed by atoms with Gasteiger partial charge in [-0.3, -0.25) is 0 Å². The van der Waals surface area contributed by atoms with Gasteiger partial charge in [0.2, 0.25) is 11.7 Å². The highest BCUT2D eigenvalue weighted by Gasteiger charge is 2.16. The summed E-state index contributed by atoms with van der Waals surface area (Å²) in [6.45, 7) is 1.95. The van der Waals surface area contributed by atoms with Crippen LogP contribution in [0.25, 0.3) is 11.4 Å². The Labute approximate surface area is 116 Å². The summed E-state index contributed by atoms with van der Waals surface area (Å²) in [5, 5.41) is 3.99. The van der Waals surface area contributed by atoms with E-state index in [2.05, 4.69) is 10.1 Å². The van der Waals surface area contributed by atoms with Crippen molar-refractivity contribution in [2.45, 2.75) is 12.8 Å². The van der Waals surface area contributed by atoms with Gasteiger partial charge in [0.15, 0.2) is 0 Å². The Morgan fingerprint density at radius 2 is 1.70 bits per heavy atom. The molecule has 0 aliphatic heterocycles. The maximum Gasteiger partial charge on any atom is 0.234 e. The summed E-state index contributed by atoms with van der Waals surface area (Å²) < 4.78 is 18.2. The molecule has 0 bridgehead atoms. The fraction of sp³-hybridized carbons (Fsp3) is 0.125. The molecule has 0 radical (unpaired) electrons. The van der Waals surface area contributed by atoms with Crippen molar-refractivity contribution < 1.29 is 8.91 Å². The number of rotatable bonds is 3. The van der Waals surface area contributed by atoms with E-state index >= 15 is 0 Å². The van der Waals surface area contributed by atoms with Crippen LogP contribution in [0.4, 0.5) is 4.39 Å². The molecule has 2 aromatic carbocycles. The van der Waals surface area contributed by atoms with Crippen LogP contribution in [-0.4, -0.2) is 10.1 Å². The molecule has 0 fully saturated rings. The van der Waals surface area contributed by atoms with Gasteiger partial charge in [-0.25, -0.2) is 4.39 Å². The standard InChI is InChI=1S/C16H13FN2O/c1-11(12-7-9-14(17)10-8-12)16-18-15(19-20-16)13-5-3-2-4-6-13/h2-11H,1H3. The maximum atomic E-state index is 12.9. The number of aromatic nitrogens is 2. The highest BCUT2D eigenvalue weighted by atomic mass is 19.1. The molecule has 1 unspecified atom stereocenters. The van der Waals surface area contributed by atoms with Crippen LogP contribution in [-0.2, 0) is 0 Å². The van der Waals surface area contributed by atoms with Crippen LogP contribution < -0.4 is 0 Å². The summed E-state index contributed by atoms with van der Waals surface area (Å²) in [4.78, 5) is 4.41. The summed E-state index contributed by atoms with van der Waals surface area (Å²) in [5.41, 5.74) is 1.85. The van der Waals surface area contributed by atoms with E-state index in [4.69, 9.17) is 4.52 Å². The largest absolute Gasteiger partial charge is 0.338 e. The minimum atomic E-state index is -0.253. The summed E-state index contributed by atoms with van der Waals surface area (Å²) >= 11 is 0. The molecule has 3 rings (SSSR count). The normalized spacial score (nSPS) is 12.3.